The van der Waals surface area contributed by atoms with Crippen LogP contribution in [0.3, 0.4) is 0 Å². The number of hydrogen-bond donors (Lipinski definition) is 2. The second-order valence-corrected chi connectivity index (χ2v) is 6.26. The fourth-order valence-corrected chi connectivity index (χ4v) is 2.55. The van der Waals surface area contributed by atoms with E-state index in [1.807, 2.05) is 32.0 Å². The summed E-state index contributed by atoms with van der Waals surface area (Å²) in [5.74, 6) is -0.719. The Morgan fingerprint density at radius 2 is 1.63 bits per heavy atom. The first-order valence-corrected chi connectivity index (χ1v) is 8.40. The number of nitrogens with two attached hydrogens (primary N) is 1. The number of hydrogen-bond acceptors (Lipinski definition) is 4. The van der Waals surface area contributed by atoms with Crippen molar-refractivity contribution in [1.82, 2.24) is 4.90 Å². The first kappa shape index (κ1) is 20.0. The number of anilines is 1. The van der Waals surface area contributed by atoms with Crippen LogP contribution < -0.4 is 15.8 Å². The molecule has 7 nitrogen and oxygen atoms in total. The number of primary amides is 1. The summed E-state index contributed by atoms with van der Waals surface area (Å²) in [5, 5.41) is 2.86. The summed E-state index contributed by atoms with van der Waals surface area (Å²) >= 11 is 0. The van der Waals surface area contributed by atoms with Crippen molar-refractivity contribution < 1.29 is 19.1 Å². The molecule has 3 N–H and O–H groups in total. The van der Waals surface area contributed by atoms with Crippen LogP contribution in [0.2, 0.25) is 0 Å². The van der Waals surface area contributed by atoms with E-state index >= 15 is 0 Å². The normalized spacial score (nSPS) is 10.2. The van der Waals surface area contributed by atoms with Crippen molar-refractivity contribution in [3.8, 4) is 5.75 Å². The molecule has 27 heavy (non-hydrogen) atoms. The van der Waals surface area contributed by atoms with Crippen molar-refractivity contribution in [2.45, 2.75) is 13.8 Å². The average Bonchev–Trinajstić information content (AvgIpc) is 2.63. The van der Waals surface area contributed by atoms with E-state index in [0.717, 1.165) is 16.8 Å². The van der Waals surface area contributed by atoms with Crippen LogP contribution in [0, 0.1) is 13.8 Å². The molecule has 0 aliphatic carbocycles. The van der Waals surface area contributed by atoms with Crippen LogP contribution in [0.1, 0.15) is 21.5 Å². The van der Waals surface area contributed by atoms with Crippen LogP contribution in [0.15, 0.2) is 42.5 Å². The molecule has 0 aliphatic heterocycles. The van der Waals surface area contributed by atoms with Crippen LogP contribution in [0.5, 0.6) is 5.75 Å². The smallest absolute Gasteiger partial charge is 0.255 e. The number of para-hydroxylation sites is 1. The van der Waals surface area contributed by atoms with Gasteiger partial charge in [-0.05, 0) is 49.2 Å². The Labute approximate surface area is 158 Å². The molecule has 0 fully saturated rings. The minimum atomic E-state index is -0.579. The van der Waals surface area contributed by atoms with Gasteiger partial charge in [-0.2, -0.15) is 0 Å². The van der Waals surface area contributed by atoms with Crippen molar-refractivity contribution in [1.29, 1.82) is 0 Å². The summed E-state index contributed by atoms with van der Waals surface area (Å²) in [4.78, 5) is 36.8. The highest BCUT2D eigenvalue weighted by Crippen LogP contribution is 2.19. The van der Waals surface area contributed by atoms with Crippen LogP contribution in [0.4, 0.5) is 5.69 Å². The Bertz CT molecular complexity index is 827. The molecule has 7 heteroatoms. The summed E-state index contributed by atoms with van der Waals surface area (Å²) in [5.41, 5.74) is 8.11. The van der Waals surface area contributed by atoms with Crippen molar-refractivity contribution in [2.75, 3.05) is 25.5 Å². The number of nitrogens with one attached hydrogen (secondary N) is 1. The minimum absolute atomic E-state index is 0.0769. The number of rotatable bonds is 7. The van der Waals surface area contributed by atoms with Gasteiger partial charge in [0.15, 0.2) is 6.61 Å². The Morgan fingerprint density at radius 3 is 2.19 bits per heavy atom. The molecular weight excluding hydrogens is 346 g/mol. The van der Waals surface area contributed by atoms with Crippen LogP contribution in [-0.4, -0.2) is 42.8 Å². The molecule has 0 bridgehead atoms. The number of benzene rings is 2. The fourth-order valence-electron chi connectivity index (χ4n) is 2.55. The molecule has 0 atom stereocenters. The molecular formula is C20H23N3O4. The Balaban J connectivity index is 1.96. The summed E-state index contributed by atoms with van der Waals surface area (Å²) in [6, 6.07) is 12.0. The summed E-state index contributed by atoms with van der Waals surface area (Å²) < 4.78 is 5.15. The van der Waals surface area contributed by atoms with Gasteiger partial charge in [0.05, 0.1) is 6.54 Å². The van der Waals surface area contributed by atoms with Gasteiger partial charge in [-0.15, -0.1) is 0 Å². The van der Waals surface area contributed by atoms with E-state index in [1.165, 1.54) is 4.90 Å². The third kappa shape index (κ3) is 5.57. The second-order valence-electron chi connectivity index (χ2n) is 6.26. The highest BCUT2D eigenvalue weighted by Gasteiger charge is 2.16. The second kappa shape index (κ2) is 8.84. The lowest BCUT2D eigenvalue weighted by Crippen LogP contribution is -2.35. The maximum atomic E-state index is 12.5. The molecule has 0 saturated heterocycles. The molecule has 0 radical (unpaired) electrons. The maximum Gasteiger partial charge on any atom is 0.255 e. The van der Waals surface area contributed by atoms with E-state index in [1.54, 1.807) is 31.3 Å². The molecule has 0 aromatic heterocycles. The number of carbonyl (C=O) groups excluding carboxylic acids is 3. The SMILES string of the molecule is Cc1cccc(C)c1NC(=O)CN(C)C(=O)c1ccc(OCC(N)=O)cc1. The third-order valence-corrected chi connectivity index (χ3v) is 3.96. The van der Waals surface area contributed by atoms with Gasteiger partial charge in [0.25, 0.3) is 11.8 Å². The van der Waals surface area contributed by atoms with Crippen LogP contribution >= 0.6 is 0 Å². The van der Waals surface area contributed by atoms with Gasteiger partial charge in [0.1, 0.15) is 5.75 Å². The number of carbonyl (C=O) groups is 3. The van der Waals surface area contributed by atoms with Gasteiger partial charge in [0, 0.05) is 18.3 Å². The van der Waals surface area contributed by atoms with Crippen molar-refractivity contribution >= 4 is 23.4 Å². The molecule has 3 amide bonds. The first-order chi connectivity index (χ1) is 12.8. The van der Waals surface area contributed by atoms with Gasteiger partial charge in [-0.25, -0.2) is 0 Å². The molecule has 0 heterocycles. The van der Waals surface area contributed by atoms with Crippen molar-refractivity contribution in [2.24, 2.45) is 5.73 Å². The molecule has 2 rings (SSSR count). The van der Waals surface area contributed by atoms with E-state index in [2.05, 4.69) is 5.32 Å². The third-order valence-electron chi connectivity index (χ3n) is 3.96. The summed E-state index contributed by atoms with van der Waals surface area (Å²) in [6.07, 6.45) is 0. The van der Waals surface area contributed by atoms with Gasteiger partial charge in [-0.1, -0.05) is 18.2 Å². The molecule has 0 saturated carbocycles. The van der Waals surface area contributed by atoms with Gasteiger partial charge in [0.2, 0.25) is 5.91 Å². The molecule has 0 unspecified atom stereocenters. The fraction of sp³-hybridized carbons (Fsp3) is 0.250. The number of nitrogens with zero attached hydrogens (tertiary/aromatic N) is 1. The highest BCUT2D eigenvalue weighted by atomic mass is 16.5. The van der Waals surface area contributed by atoms with Gasteiger partial charge < -0.3 is 20.7 Å². The topological polar surface area (TPSA) is 102 Å². The predicted molar refractivity (Wildman–Crippen MR) is 103 cm³/mol. The predicted octanol–water partition coefficient (Wildman–Crippen LogP) is 1.88. The average molecular weight is 369 g/mol. The number of likely N-dealkylation sites (N-methyl/N-ethyl adjacent to an activating group) is 1. The van der Waals surface area contributed by atoms with Crippen molar-refractivity contribution in [3.63, 3.8) is 0 Å². The Hall–Kier alpha value is -3.35. The Kier molecular flexibility index (Phi) is 6.54. The van der Waals surface area contributed by atoms with E-state index in [9.17, 15) is 14.4 Å². The number of ether oxygens (including phenoxy) is 1. The van der Waals surface area contributed by atoms with Gasteiger partial charge >= 0.3 is 0 Å². The molecule has 142 valence electrons. The number of amides is 3. The highest BCUT2D eigenvalue weighted by molar-refractivity contribution is 5.99. The molecule has 0 aliphatic rings. The standard InChI is InChI=1S/C20H23N3O4/c1-13-5-4-6-14(2)19(13)22-18(25)11-23(3)20(26)15-7-9-16(10-8-15)27-12-17(21)24/h4-10H,11-12H2,1-3H3,(H2,21,24)(H,22,25). The lowest BCUT2D eigenvalue weighted by Gasteiger charge is -2.18. The molecule has 0 spiro atoms. The zero-order valence-corrected chi connectivity index (χ0v) is 15.6. The summed E-state index contributed by atoms with van der Waals surface area (Å²) in [6.45, 7) is 3.52. The molecule has 2 aromatic carbocycles. The largest absolute Gasteiger partial charge is 0.484 e. The molecule has 2 aromatic rings. The number of aryl methyl sites for hydroxylation is 2. The van der Waals surface area contributed by atoms with E-state index in [-0.39, 0.29) is 25.0 Å². The lowest BCUT2D eigenvalue weighted by atomic mass is 10.1. The zero-order valence-electron chi connectivity index (χ0n) is 15.6. The maximum absolute atomic E-state index is 12.5. The van der Waals surface area contributed by atoms with Crippen LogP contribution in [-0.2, 0) is 9.59 Å². The lowest BCUT2D eigenvalue weighted by molar-refractivity contribution is -0.120. The zero-order chi connectivity index (χ0) is 20.0. The van der Waals surface area contributed by atoms with Crippen LogP contribution in [0.25, 0.3) is 0 Å². The minimum Gasteiger partial charge on any atom is -0.484 e. The van der Waals surface area contributed by atoms with E-state index in [4.69, 9.17) is 10.5 Å². The van der Waals surface area contributed by atoms with E-state index in [0.29, 0.717) is 11.3 Å². The van der Waals surface area contributed by atoms with Gasteiger partial charge in [-0.3, -0.25) is 14.4 Å². The first-order valence-electron chi connectivity index (χ1n) is 8.40. The summed E-state index contributed by atoms with van der Waals surface area (Å²) in [7, 11) is 1.56. The van der Waals surface area contributed by atoms with E-state index < -0.39 is 5.91 Å². The monoisotopic (exact) mass is 369 g/mol. The Morgan fingerprint density at radius 1 is 1.04 bits per heavy atom. The van der Waals surface area contributed by atoms with Crippen molar-refractivity contribution in [3.05, 3.63) is 59.2 Å². The quantitative estimate of drug-likeness (QED) is 0.778.